The fourth-order valence-electron chi connectivity index (χ4n) is 3.02. The van der Waals surface area contributed by atoms with E-state index in [0.717, 1.165) is 25.3 Å². The third-order valence-electron chi connectivity index (χ3n) is 4.70. The van der Waals surface area contributed by atoms with Gasteiger partial charge in [0.05, 0.1) is 0 Å². The largest absolute Gasteiger partial charge is 0.658 e. The van der Waals surface area contributed by atoms with Gasteiger partial charge in [-0.15, -0.1) is 0 Å². The second-order valence-corrected chi connectivity index (χ2v) is 6.64. The Kier molecular flexibility index (Phi) is 2.52. The Morgan fingerprint density at radius 3 is 2.17 bits per heavy atom. The van der Waals surface area contributed by atoms with Gasteiger partial charge in [-0.05, 0) is 40.5 Å². The SMILES string of the molecule is CC1(C)O[B-]2(CC=C(N3CCCC3)O2)OC1(C)C. The highest BCUT2D eigenvalue weighted by Crippen LogP contribution is 2.47. The minimum atomic E-state index is -1.62. The predicted molar refractivity (Wildman–Crippen MR) is 70.9 cm³/mol. The van der Waals surface area contributed by atoms with E-state index < -0.39 is 6.75 Å². The Morgan fingerprint density at radius 1 is 1.06 bits per heavy atom. The maximum atomic E-state index is 6.14. The summed E-state index contributed by atoms with van der Waals surface area (Å²) in [6.07, 6.45) is 5.36. The lowest BCUT2D eigenvalue weighted by atomic mass is 9.76. The van der Waals surface area contributed by atoms with Crippen LogP contribution >= 0.6 is 0 Å². The van der Waals surface area contributed by atoms with Crippen molar-refractivity contribution in [2.75, 3.05) is 13.1 Å². The van der Waals surface area contributed by atoms with Crippen LogP contribution in [-0.2, 0) is 14.0 Å². The van der Waals surface area contributed by atoms with Crippen LogP contribution in [0.3, 0.4) is 0 Å². The van der Waals surface area contributed by atoms with E-state index >= 15 is 0 Å². The second-order valence-electron chi connectivity index (χ2n) is 6.64. The van der Waals surface area contributed by atoms with E-state index in [2.05, 4.69) is 38.7 Å². The molecule has 0 radical (unpaired) electrons. The fraction of sp³-hybridized carbons (Fsp3) is 0.846. The Balaban J connectivity index is 1.74. The van der Waals surface area contributed by atoms with E-state index in [0.29, 0.717) is 0 Å². The first-order valence-corrected chi connectivity index (χ1v) is 7.03. The highest BCUT2D eigenvalue weighted by Gasteiger charge is 2.55. The van der Waals surface area contributed by atoms with Crippen molar-refractivity contribution < 1.29 is 14.0 Å². The fourth-order valence-corrected chi connectivity index (χ4v) is 3.02. The number of allylic oxidation sites excluding steroid dienone is 1. The zero-order valence-electron chi connectivity index (χ0n) is 11.9. The average molecular weight is 252 g/mol. The van der Waals surface area contributed by atoms with Gasteiger partial charge in [0.2, 0.25) is 0 Å². The van der Waals surface area contributed by atoms with Gasteiger partial charge in [0, 0.05) is 24.3 Å². The zero-order valence-corrected chi connectivity index (χ0v) is 11.9. The molecule has 102 valence electrons. The number of hydrogen-bond acceptors (Lipinski definition) is 4. The first-order chi connectivity index (χ1) is 8.34. The number of likely N-dealkylation sites (tertiary alicyclic amines) is 1. The molecule has 2 saturated heterocycles. The lowest BCUT2D eigenvalue weighted by Gasteiger charge is -2.36. The molecule has 0 aromatic carbocycles. The third-order valence-corrected chi connectivity index (χ3v) is 4.70. The van der Waals surface area contributed by atoms with Crippen molar-refractivity contribution >= 4 is 6.75 Å². The first-order valence-electron chi connectivity index (χ1n) is 7.03. The molecular formula is C13H23BNO3-. The summed E-state index contributed by atoms with van der Waals surface area (Å²) in [6, 6.07) is 0. The standard InChI is InChI=1S/C13H23BNO3/c1-12(2)13(3,4)18-14(17-12)8-7-11(16-14)15-9-5-6-10-15/h7H,5-6,8-10H2,1-4H3/q-1. The summed E-state index contributed by atoms with van der Waals surface area (Å²) in [5, 5.41) is 0. The van der Waals surface area contributed by atoms with Gasteiger partial charge in [-0.1, -0.05) is 12.4 Å². The smallest absolute Gasteiger partial charge is 0.440 e. The molecule has 0 saturated carbocycles. The highest BCUT2D eigenvalue weighted by atomic mass is 16.8. The van der Waals surface area contributed by atoms with Crippen LogP contribution in [0.15, 0.2) is 12.0 Å². The molecule has 4 nitrogen and oxygen atoms in total. The van der Waals surface area contributed by atoms with Crippen molar-refractivity contribution in [1.29, 1.82) is 0 Å². The third kappa shape index (κ3) is 1.76. The molecule has 0 N–H and O–H groups in total. The maximum Gasteiger partial charge on any atom is 0.440 e. The van der Waals surface area contributed by atoms with E-state index in [1.54, 1.807) is 0 Å². The Morgan fingerprint density at radius 2 is 1.61 bits per heavy atom. The Hall–Kier alpha value is -0.675. The van der Waals surface area contributed by atoms with Gasteiger partial charge in [0.15, 0.2) is 0 Å². The van der Waals surface area contributed by atoms with Crippen LogP contribution in [0, 0.1) is 0 Å². The summed E-state index contributed by atoms with van der Waals surface area (Å²) < 4.78 is 18.4. The van der Waals surface area contributed by atoms with Crippen LogP contribution in [0.1, 0.15) is 40.5 Å². The van der Waals surface area contributed by atoms with Gasteiger partial charge >= 0.3 is 6.75 Å². The predicted octanol–water partition coefficient (Wildman–Crippen LogP) is 2.50. The van der Waals surface area contributed by atoms with Crippen molar-refractivity contribution in [3.8, 4) is 0 Å². The summed E-state index contributed by atoms with van der Waals surface area (Å²) in [5.74, 6) is 0.959. The Bertz CT molecular complexity index is 370. The Labute approximate surface area is 109 Å². The van der Waals surface area contributed by atoms with E-state index in [4.69, 9.17) is 14.0 Å². The van der Waals surface area contributed by atoms with Gasteiger partial charge in [-0.25, -0.2) is 0 Å². The number of nitrogens with zero attached hydrogens (tertiary/aromatic N) is 1. The molecule has 0 aromatic rings. The molecule has 3 aliphatic heterocycles. The first kappa shape index (κ1) is 12.4. The molecule has 1 spiro atoms. The van der Waals surface area contributed by atoms with Crippen molar-refractivity contribution in [3.63, 3.8) is 0 Å². The minimum Gasteiger partial charge on any atom is -0.658 e. The quantitative estimate of drug-likeness (QED) is 0.671. The normalized spacial score (nSPS) is 31.8. The molecule has 0 bridgehead atoms. The molecule has 0 atom stereocenters. The molecule has 2 fully saturated rings. The number of hydrogen-bond donors (Lipinski definition) is 0. The van der Waals surface area contributed by atoms with Gasteiger partial charge < -0.3 is 18.9 Å². The molecule has 0 aliphatic carbocycles. The highest BCUT2D eigenvalue weighted by molar-refractivity contribution is 6.63. The molecule has 0 amide bonds. The van der Waals surface area contributed by atoms with Crippen LogP contribution in [0.25, 0.3) is 0 Å². The van der Waals surface area contributed by atoms with Crippen LogP contribution in [0.2, 0.25) is 6.32 Å². The molecular weight excluding hydrogens is 229 g/mol. The topological polar surface area (TPSA) is 30.9 Å². The molecule has 0 aromatic heterocycles. The van der Waals surface area contributed by atoms with Gasteiger partial charge in [-0.2, -0.15) is 0 Å². The van der Waals surface area contributed by atoms with Gasteiger partial charge in [0.25, 0.3) is 0 Å². The lowest BCUT2D eigenvalue weighted by Crippen LogP contribution is -2.41. The van der Waals surface area contributed by atoms with E-state index in [-0.39, 0.29) is 11.2 Å². The van der Waals surface area contributed by atoms with Crippen molar-refractivity contribution in [1.82, 2.24) is 4.90 Å². The van der Waals surface area contributed by atoms with E-state index in [1.165, 1.54) is 12.8 Å². The van der Waals surface area contributed by atoms with Crippen molar-refractivity contribution in [2.45, 2.75) is 58.1 Å². The summed E-state index contributed by atoms with van der Waals surface area (Å²) >= 11 is 0. The van der Waals surface area contributed by atoms with Crippen molar-refractivity contribution in [2.24, 2.45) is 0 Å². The second kappa shape index (κ2) is 3.67. The van der Waals surface area contributed by atoms with Crippen LogP contribution in [0.4, 0.5) is 0 Å². The molecule has 18 heavy (non-hydrogen) atoms. The van der Waals surface area contributed by atoms with Crippen LogP contribution in [-0.4, -0.2) is 35.9 Å². The van der Waals surface area contributed by atoms with E-state index in [9.17, 15) is 0 Å². The molecule has 3 aliphatic rings. The van der Waals surface area contributed by atoms with Gasteiger partial charge in [0.1, 0.15) is 5.88 Å². The van der Waals surface area contributed by atoms with Gasteiger partial charge in [-0.3, -0.25) is 0 Å². The van der Waals surface area contributed by atoms with E-state index in [1.807, 2.05) is 0 Å². The molecule has 0 unspecified atom stereocenters. The van der Waals surface area contributed by atoms with Crippen molar-refractivity contribution in [3.05, 3.63) is 12.0 Å². The zero-order chi connectivity index (χ0) is 13.0. The molecule has 3 heterocycles. The monoisotopic (exact) mass is 252 g/mol. The summed E-state index contributed by atoms with van der Waals surface area (Å²) in [5.41, 5.74) is -0.636. The summed E-state index contributed by atoms with van der Waals surface area (Å²) in [4.78, 5) is 2.29. The van der Waals surface area contributed by atoms with Crippen LogP contribution in [0.5, 0.6) is 0 Å². The lowest BCUT2D eigenvalue weighted by molar-refractivity contribution is 0.00578. The molecule has 3 rings (SSSR count). The summed E-state index contributed by atoms with van der Waals surface area (Å²) in [6.45, 7) is 8.84. The van der Waals surface area contributed by atoms with Crippen LogP contribution < -0.4 is 0 Å². The average Bonchev–Trinajstić information content (AvgIpc) is 2.87. The maximum absolute atomic E-state index is 6.14. The molecule has 5 heteroatoms. The summed E-state index contributed by atoms with van der Waals surface area (Å²) in [7, 11) is 0. The minimum absolute atomic E-state index is 0.318. The number of rotatable bonds is 1.